The summed E-state index contributed by atoms with van der Waals surface area (Å²) < 4.78 is 0. The van der Waals surface area contributed by atoms with Crippen molar-refractivity contribution in [1.82, 2.24) is 24.9 Å². The van der Waals surface area contributed by atoms with Crippen LogP contribution in [0.15, 0.2) is 12.5 Å². The van der Waals surface area contributed by atoms with Crippen molar-refractivity contribution in [1.29, 1.82) is 0 Å². The van der Waals surface area contributed by atoms with E-state index in [9.17, 15) is 0 Å². The zero-order valence-electron chi connectivity index (χ0n) is 8.15. The minimum Gasteiger partial charge on any atom is -0.348 e. The summed E-state index contributed by atoms with van der Waals surface area (Å²) in [5, 5.41) is 0. The van der Waals surface area contributed by atoms with E-state index in [0.717, 1.165) is 23.8 Å². The van der Waals surface area contributed by atoms with Crippen LogP contribution in [0.3, 0.4) is 0 Å². The molecule has 0 fully saturated rings. The second-order valence-corrected chi connectivity index (χ2v) is 2.95. The van der Waals surface area contributed by atoms with Gasteiger partial charge < -0.3 is 4.98 Å². The van der Waals surface area contributed by atoms with Gasteiger partial charge in [0.1, 0.15) is 23.7 Å². The number of aryl methyl sites for hydroxylation is 2. The summed E-state index contributed by atoms with van der Waals surface area (Å²) in [6.07, 6.45) is 4.12. The molecular weight excluding hydrogens is 178 g/mol. The highest BCUT2D eigenvalue weighted by atomic mass is 15.0. The molecule has 2 rings (SSSR count). The van der Waals surface area contributed by atoms with Crippen molar-refractivity contribution < 1.29 is 0 Å². The van der Waals surface area contributed by atoms with Crippen LogP contribution >= 0.6 is 0 Å². The molecule has 1 N–H and O–H groups in total. The van der Waals surface area contributed by atoms with E-state index in [0.29, 0.717) is 5.82 Å². The minimum absolute atomic E-state index is 0.626. The maximum Gasteiger partial charge on any atom is 0.182 e. The van der Waals surface area contributed by atoms with Gasteiger partial charge in [-0.2, -0.15) is 0 Å². The molecule has 0 unspecified atom stereocenters. The van der Waals surface area contributed by atoms with Crippen LogP contribution < -0.4 is 0 Å². The molecule has 0 aromatic carbocycles. The Bertz CT molecular complexity index is 434. The van der Waals surface area contributed by atoms with Gasteiger partial charge in [0.05, 0.1) is 0 Å². The van der Waals surface area contributed by atoms with E-state index in [2.05, 4.69) is 24.9 Å². The highest BCUT2D eigenvalue weighted by Gasteiger charge is 2.05. The number of H-pyrrole nitrogens is 1. The molecule has 72 valence electrons. The van der Waals surface area contributed by atoms with Crippen LogP contribution in [0.1, 0.15) is 18.6 Å². The van der Waals surface area contributed by atoms with Crippen molar-refractivity contribution in [2.75, 3.05) is 0 Å². The van der Waals surface area contributed by atoms with Gasteiger partial charge in [0.15, 0.2) is 5.82 Å². The Morgan fingerprint density at radius 2 is 2.14 bits per heavy atom. The minimum atomic E-state index is 0.626. The highest BCUT2D eigenvalue weighted by Crippen LogP contribution is 2.10. The number of rotatable bonds is 2. The van der Waals surface area contributed by atoms with E-state index in [1.165, 1.54) is 6.33 Å². The van der Waals surface area contributed by atoms with Gasteiger partial charge in [-0.3, -0.25) is 0 Å². The maximum atomic E-state index is 4.27. The van der Waals surface area contributed by atoms with E-state index in [-0.39, 0.29) is 0 Å². The lowest BCUT2D eigenvalue weighted by Gasteiger charge is -1.96. The maximum absolute atomic E-state index is 4.27. The second-order valence-electron chi connectivity index (χ2n) is 2.95. The molecule has 2 heterocycles. The third kappa shape index (κ3) is 1.61. The number of imidazole rings is 1. The van der Waals surface area contributed by atoms with Crippen molar-refractivity contribution in [2.45, 2.75) is 20.3 Å². The third-order valence-electron chi connectivity index (χ3n) is 1.87. The molecule has 14 heavy (non-hydrogen) atoms. The molecule has 0 radical (unpaired) electrons. The van der Waals surface area contributed by atoms with Gasteiger partial charge in [-0.05, 0) is 6.92 Å². The van der Waals surface area contributed by atoms with Crippen LogP contribution in [0.25, 0.3) is 11.5 Å². The smallest absolute Gasteiger partial charge is 0.182 e. The van der Waals surface area contributed by atoms with Crippen LogP contribution in [0.5, 0.6) is 0 Å². The van der Waals surface area contributed by atoms with E-state index in [4.69, 9.17) is 0 Å². The van der Waals surface area contributed by atoms with E-state index < -0.39 is 0 Å². The topological polar surface area (TPSA) is 67.3 Å². The van der Waals surface area contributed by atoms with E-state index in [1.807, 2.05) is 13.8 Å². The largest absolute Gasteiger partial charge is 0.348 e. The fourth-order valence-corrected chi connectivity index (χ4v) is 1.16. The first-order valence-electron chi connectivity index (χ1n) is 4.50. The van der Waals surface area contributed by atoms with Crippen molar-refractivity contribution in [3.63, 3.8) is 0 Å². The van der Waals surface area contributed by atoms with Gasteiger partial charge in [0.25, 0.3) is 0 Å². The van der Waals surface area contributed by atoms with Crippen LogP contribution in [0.2, 0.25) is 0 Å². The predicted molar refractivity (Wildman–Crippen MR) is 51.5 cm³/mol. The van der Waals surface area contributed by atoms with Crippen LogP contribution in [0, 0.1) is 6.92 Å². The Labute approximate surface area is 81.7 Å². The van der Waals surface area contributed by atoms with Gasteiger partial charge in [-0.15, -0.1) is 0 Å². The van der Waals surface area contributed by atoms with Crippen molar-refractivity contribution in [3.05, 3.63) is 24.2 Å². The van der Waals surface area contributed by atoms with Crippen LogP contribution in [-0.2, 0) is 6.42 Å². The molecule has 5 nitrogen and oxygen atoms in total. The SMILES string of the molecule is CCc1ncnc(-c2c[nH]c(C)n2)n1. The average molecular weight is 189 g/mol. The van der Waals surface area contributed by atoms with Crippen molar-refractivity contribution in [2.24, 2.45) is 0 Å². The van der Waals surface area contributed by atoms with E-state index >= 15 is 0 Å². The first-order valence-corrected chi connectivity index (χ1v) is 4.50. The number of hydrogen-bond acceptors (Lipinski definition) is 4. The summed E-state index contributed by atoms with van der Waals surface area (Å²) in [6.45, 7) is 3.90. The van der Waals surface area contributed by atoms with Crippen molar-refractivity contribution in [3.8, 4) is 11.5 Å². The molecule has 0 amide bonds. The summed E-state index contributed by atoms with van der Waals surface area (Å²) >= 11 is 0. The number of nitrogens with one attached hydrogen (secondary N) is 1. The molecule has 0 spiro atoms. The molecule has 2 aromatic heterocycles. The highest BCUT2D eigenvalue weighted by molar-refractivity contribution is 5.46. The summed E-state index contributed by atoms with van der Waals surface area (Å²) in [5.74, 6) is 2.27. The monoisotopic (exact) mass is 189 g/mol. The Morgan fingerprint density at radius 3 is 2.79 bits per heavy atom. The molecule has 0 aliphatic heterocycles. The van der Waals surface area contributed by atoms with Gasteiger partial charge >= 0.3 is 0 Å². The lowest BCUT2D eigenvalue weighted by atomic mass is 10.4. The molecule has 5 heteroatoms. The Kier molecular flexibility index (Phi) is 2.22. The zero-order valence-corrected chi connectivity index (χ0v) is 8.15. The first kappa shape index (κ1) is 8.80. The van der Waals surface area contributed by atoms with Gasteiger partial charge in [0, 0.05) is 12.6 Å². The summed E-state index contributed by atoms with van der Waals surface area (Å²) in [5.41, 5.74) is 0.764. The quantitative estimate of drug-likeness (QED) is 0.769. The molecule has 0 aliphatic carbocycles. The number of hydrogen-bond donors (Lipinski definition) is 1. The second kappa shape index (κ2) is 3.53. The molecule has 0 bridgehead atoms. The average Bonchev–Trinajstić information content (AvgIpc) is 2.65. The van der Waals surface area contributed by atoms with Crippen LogP contribution in [-0.4, -0.2) is 24.9 Å². The summed E-state index contributed by atoms with van der Waals surface area (Å²) in [4.78, 5) is 19.6. The fourth-order valence-electron chi connectivity index (χ4n) is 1.16. The zero-order chi connectivity index (χ0) is 9.97. The third-order valence-corrected chi connectivity index (χ3v) is 1.87. The molecular formula is C9H11N5. The summed E-state index contributed by atoms with van der Waals surface area (Å²) in [7, 11) is 0. The lowest BCUT2D eigenvalue weighted by molar-refractivity contribution is 0.900. The Morgan fingerprint density at radius 1 is 1.29 bits per heavy atom. The Balaban J connectivity index is 2.41. The number of nitrogens with zero attached hydrogens (tertiary/aromatic N) is 4. The fraction of sp³-hybridized carbons (Fsp3) is 0.333. The molecule has 0 saturated heterocycles. The first-order chi connectivity index (χ1) is 6.79. The Hall–Kier alpha value is -1.78. The number of aromatic amines is 1. The van der Waals surface area contributed by atoms with E-state index in [1.54, 1.807) is 6.20 Å². The van der Waals surface area contributed by atoms with Crippen LogP contribution in [0.4, 0.5) is 0 Å². The lowest BCUT2D eigenvalue weighted by Crippen LogP contribution is -1.97. The van der Waals surface area contributed by atoms with Crippen molar-refractivity contribution >= 4 is 0 Å². The number of aromatic nitrogens is 5. The summed E-state index contributed by atoms with van der Waals surface area (Å²) in [6, 6.07) is 0. The standard InChI is InChI=1S/C9H11N5/c1-3-8-11-5-12-9(14-8)7-4-10-6(2)13-7/h4-5H,3H2,1-2H3,(H,10,13). The molecule has 0 saturated carbocycles. The molecule has 0 aliphatic rings. The van der Waals surface area contributed by atoms with Gasteiger partial charge in [-0.25, -0.2) is 19.9 Å². The predicted octanol–water partition coefficient (Wildman–Crippen LogP) is 1.13. The normalized spacial score (nSPS) is 10.4. The van der Waals surface area contributed by atoms with Gasteiger partial charge in [0.2, 0.25) is 0 Å². The van der Waals surface area contributed by atoms with Gasteiger partial charge in [-0.1, -0.05) is 6.92 Å². The molecule has 2 aromatic rings. The molecule has 0 atom stereocenters.